The average molecular weight is 329 g/mol. The maximum atomic E-state index is 11.5. The molecule has 8 heteroatoms. The Morgan fingerprint density at radius 1 is 1.18 bits per heavy atom. The molecule has 1 atom stereocenters. The molecule has 0 saturated carbocycles. The fourth-order valence-electron chi connectivity index (χ4n) is 1.48. The Morgan fingerprint density at radius 2 is 1.82 bits per heavy atom. The molecular formula is C14H18O7P-. The standard InChI is InChI=1S/C14H19O7P/c1-3-4-13(15)21-12-7-5-11(6-8-12)9-20-22(17,18)10-14(16)19-2/h5-8H,3-4,9-10H2,1-2H3,(H,17,18)/p-1. The van der Waals surface area contributed by atoms with E-state index in [1.54, 1.807) is 24.3 Å². The van der Waals surface area contributed by atoms with Crippen LogP contribution in [0.2, 0.25) is 0 Å². The van der Waals surface area contributed by atoms with Gasteiger partial charge in [0.05, 0.1) is 13.7 Å². The lowest BCUT2D eigenvalue weighted by molar-refractivity contribution is -0.200. The van der Waals surface area contributed by atoms with Gasteiger partial charge in [0.2, 0.25) is 0 Å². The maximum absolute atomic E-state index is 11.5. The van der Waals surface area contributed by atoms with Crippen LogP contribution in [0.4, 0.5) is 0 Å². The Balaban J connectivity index is 2.52. The predicted molar refractivity (Wildman–Crippen MR) is 76.3 cm³/mol. The molecular weight excluding hydrogens is 311 g/mol. The third kappa shape index (κ3) is 6.85. The van der Waals surface area contributed by atoms with E-state index in [9.17, 15) is 19.0 Å². The zero-order valence-electron chi connectivity index (χ0n) is 12.4. The molecule has 0 aromatic heterocycles. The first-order valence-corrected chi connectivity index (χ1v) is 8.40. The number of methoxy groups -OCH3 is 1. The summed E-state index contributed by atoms with van der Waals surface area (Å²) in [6.45, 7) is 1.66. The Hall–Kier alpha value is -1.69. The van der Waals surface area contributed by atoms with Gasteiger partial charge in [0.1, 0.15) is 19.5 Å². The van der Waals surface area contributed by atoms with Crippen molar-refractivity contribution in [3.8, 4) is 5.75 Å². The van der Waals surface area contributed by atoms with E-state index in [4.69, 9.17) is 9.26 Å². The van der Waals surface area contributed by atoms with Crippen LogP contribution < -0.4 is 9.63 Å². The summed E-state index contributed by atoms with van der Waals surface area (Å²) in [4.78, 5) is 33.7. The molecule has 22 heavy (non-hydrogen) atoms. The van der Waals surface area contributed by atoms with E-state index in [1.165, 1.54) is 0 Å². The topological polar surface area (TPSA) is 102 Å². The lowest BCUT2D eigenvalue weighted by atomic mass is 10.2. The Bertz CT molecular complexity index is 553. The Morgan fingerprint density at radius 3 is 2.36 bits per heavy atom. The SMILES string of the molecule is CCCC(=O)Oc1ccc(COP(=O)([O-])CC(=O)OC)cc1. The molecule has 0 heterocycles. The molecule has 7 nitrogen and oxygen atoms in total. The van der Waals surface area contributed by atoms with Gasteiger partial charge in [-0.25, -0.2) is 0 Å². The zero-order valence-corrected chi connectivity index (χ0v) is 13.3. The van der Waals surface area contributed by atoms with Crippen molar-refractivity contribution >= 4 is 19.5 Å². The lowest BCUT2D eigenvalue weighted by Gasteiger charge is -2.21. The van der Waals surface area contributed by atoms with Crippen LogP contribution in [0.15, 0.2) is 24.3 Å². The minimum Gasteiger partial charge on any atom is -0.778 e. The van der Waals surface area contributed by atoms with E-state index in [2.05, 4.69) is 4.74 Å². The molecule has 122 valence electrons. The molecule has 0 bridgehead atoms. The minimum atomic E-state index is -4.28. The highest BCUT2D eigenvalue weighted by atomic mass is 31.2. The lowest BCUT2D eigenvalue weighted by Crippen LogP contribution is -2.16. The number of hydrogen-bond donors (Lipinski definition) is 0. The van der Waals surface area contributed by atoms with Crippen molar-refractivity contribution in [3.63, 3.8) is 0 Å². The van der Waals surface area contributed by atoms with Gasteiger partial charge in [0.25, 0.3) is 0 Å². The number of carbonyl (C=O) groups excluding carboxylic acids is 2. The monoisotopic (exact) mass is 329 g/mol. The average Bonchev–Trinajstić information content (AvgIpc) is 2.46. The van der Waals surface area contributed by atoms with Gasteiger partial charge in [-0.2, -0.15) is 0 Å². The molecule has 0 aliphatic rings. The van der Waals surface area contributed by atoms with Crippen molar-refractivity contribution in [1.29, 1.82) is 0 Å². The molecule has 0 N–H and O–H groups in total. The molecule has 1 aromatic rings. The van der Waals surface area contributed by atoms with Crippen LogP contribution in [0.5, 0.6) is 5.75 Å². The summed E-state index contributed by atoms with van der Waals surface area (Å²) >= 11 is 0. The molecule has 1 aromatic carbocycles. The Kier molecular flexibility index (Phi) is 7.24. The van der Waals surface area contributed by atoms with Crippen LogP contribution >= 0.6 is 7.60 Å². The maximum Gasteiger partial charge on any atom is 0.314 e. The summed E-state index contributed by atoms with van der Waals surface area (Å²) < 4.78 is 25.6. The first-order valence-electron chi connectivity index (χ1n) is 6.67. The number of ether oxygens (including phenoxy) is 2. The molecule has 0 aliphatic carbocycles. The highest BCUT2D eigenvalue weighted by Gasteiger charge is 2.15. The molecule has 0 fully saturated rings. The van der Waals surface area contributed by atoms with E-state index >= 15 is 0 Å². The van der Waals surface area contributed by atoms with E-state index in [0.717, 1.165) is 7.11 Å². The second-order valence-electron chi connectivity index (χ2n) is 4.49. The highest BCUT2D eigenvalue weighted by Crippen LogP contribution is 2.37. The van der Waals surface area contributed by atoms with Gasteiger partial charge in [0.15, 0.2) is 0 Å². The summed E-state index contributed by atoms with van der Waals surface area (Å²) in [6.07, 6.45) is 0.220. The summed E-state index contributed by atoms with van der Waals surface area (Å²) in [7, 11) is -3.19. The third-order valence-corrected chi connectivity index (χ3v) is 3.76. The quantitative estimate of drug-likeness (QED) is 0.406. The molecule has 0 spiro atoms. The first-order chi connectivity index (χ1) is 10.4. The molecule has 1 rings (SSSR count). The van der Waals surface area contributed by atoms with Crippen LogP contribution in [-0.2, 0) is 30.0 Å². The molecule has 0 amide bonds. The number of carbonyl (C=O) groups is 2. The summed E-state index contributed by atoms with van der Waals surface area (Å²) in [5.41, 5.74) is 0.566. The number of hydrogen-bond acceptors (Lipinski definition) is 7. The Labute approximate surface area is 128 Å². The smallest absolute Gasteiger partial charge is 0.314 e. The van der Waals surface area contributed by atoms with Crippen LogP contribution in [0.1, 0.15) is 25.3 Å². The number of benzene rings is 1. The van der Waals surface area contributed by atoms with Crippen LogP contribution in [0.25, 0.3) is 0 Å². The van der Waals surface area contributed by atoms with Crippen LogP contribution in [0.3, 0.4) is 0 Å². The van der Waals surface area contributed by atoms with Gasteiger partial charge in [-0.05, 0) is 24.1 Å². The van der Waals surface area contributed by atoms with Gasteiger partial charge >= 0.3 is 11.9 Å². The zero-order chi connectivity index (χ0) is 16.6. The largest absolute Gasteiger partial charge is 0.778 e. The van der Waals surface area contributed by atoms with E-state index in [0.29, 0.717) is 24.2 Å². The van der Waals surface area contributed by atoms with Gasteiger partial charge < -0.3 is 23.5 Å². The fraction of sp³-hybridized carbons (Fsp3) is 0.429. The van der Waals surface area contributed by atoms with Gasteiger partial charge in [-0.15, -0.1) is 0 Å². The molecule has 0 aliphatic heterocycles. The van der Waals surface area contributed by atoms with E-state index < -0.39 is 19.7 Å². The normalized spacial score (nSPS) is 13.2. The van der Waals surface area contributed by atoms with Crippen molar-refractivity contribution in [2.75, 3.05) is 13.3 Å². The van der Waals surface area contributed by atoms with Crippen LogP contribution in [-0.4, -0.2) is 25.2 Å². The summed E-state index contributed by atoms with van der Waals surface area (Å²) in [6, 6.07) is 6.24. The van der Waals surface area contributed by atoms with Gasteiger partial charge in [-0.3, -0.25) is 9.59 Å². The van der Waals surface area contributed by atoms with Crippen molar-refractivity contribution in [3.05, 3.63) is 29.8 Å². The molecule has 1 unspecified atom stereocenters. The number of esters is 2. The summed E-state index contributed by atoms with van der Waals surface area (Å²) in [5.74, 6) is -0.827. The predicted octanol–water partition coefficient (Wildman–Crippen LogP) is 1.64. The van der Waals surface area contributed by atoms with Crippen molar-refractivity contribution in [2.24, 2.45) is 0 Å². The summed E-state index contributed by atoms with van der Waals surface area (Å²) in [5, 5.41) is 0. The fourth-order valence-corrected chi connectivity index (χ4v) is 2.36. The second kappa shape index (κ2) is 8.68. The van der Waals surface area contributed by atoms with E-state index in [-0.39, 0.29) is 12.6 Å². The van der Waals surface area contributed by atoms with E-state index in [1.807, 2.05) is 6.92 Å². The van der Waals surface area contributed by atoms with Crippen molar-refractivity contribution < 1.29 is 33.0 Å². The molecule has 0 radical (unpaired) electrons. The van der Waals surface area contributed by atoms with Gasteiger partial charge in [-0.1, -0.05) is 19.1 Å². The minimum absolute atomic E-state index is 0.207. The first kappa shape index (κ1) is 18.4. The van der Waals surface area contributed by atoms with Gasteiger partial charge in [0, 0.05) is 6.42 Å². The van der Waals surface area contributed by atoms with Crippen molar-refractivity contribution in [2.45, 2.75) is 26.4 Å². The highest BCUT2D eigenvalue weighted by molar-refractivity contribution is 7.52. The van der Waals surface area contributed by atoms with Crippen LogP contribution in [0, 0.1) is 0 Å². The molecule has 0 saturated heterocycles. The number of rotatable bonds is 8. The second-order valence-corrected chi connectivity index (χ2v) is 6.28. The third-order valence-electron chi connectivity index (χ3n) is 2.59. The van der Waals surface area contributed by atoms with Crippen molar-refractivity contribution in [1.82, 2.24) is 0 Å².